The number of imidazole rings is 1. The van der Waals surface area contributed by atoms with Gasteiger partial charge in [-0.2, -0.15) is 5.10 Å². The van der Waals surface area contributed by atoms with E-state index in [-0.39, 0.29) is 6.04 Å². The fourth-order valence-electron chi connectivity index (χ4n) is 2.54. The van der Waals surface area contributed by atoms with Crippen LogP contribution < -0.4 is 11.3 Å². The highest BCUT2D eigenvalue weighted by molar-refractivity contribution is 5.29. The van der Waals surface area contributed by atoms with E-state index in [2.05, 4.69) is 33.9 Å². The monoisotopic (exact) mass is 262 g/mol. The van der Waals surface area contributed by atoms with Crippen LogP contribution in [0.3, 0.4) is 0 Å². The third-order valence-corrected chi connectivity index (χ3v) is 3.64. The zero-order chi connectivity index (χ0) is 14.0. The fourth-order valence-corrected chi connectivity index (χ4v) is 2.54. The second-order valence-corrected chi connectivity index (χ2v) is 4.76. The maximum absolute atomic E-state index is 5.74. The number of hydrogen-bond acceptors (Lipinski definition) is 4. The first-order valence-corrected chi connectivity index (χ1v) is 6.54. The average molecular weight is 262 g/mol. The third kappa shape index (κ3) is 2.54. The van der Waals surface area contributed by atoms with E-state index < -0.39 is 0 Å². The summed E-state index contributed by atoms with van der Waals surface area (Å²) in [5, 5.41) is 4.45. The molecule has 0 aliphatic rings. The Hall–Kier alpha value is -1.66. The van der Waals surface area contributed by atoms with Crippen LogP contribution in [-0.2, 0) is 20.0 Å². The SMILES string of the molecule is CCn1ccnc1CC(NN)c1c(C)nn(C)c1C. The molecule has 2 aromatic rings. The molecule has 3 N–H and O–H groups in total. The van der Waals surface area contributed by atoms with Crippen LogP contribution in [0.5, 0.6) is 0 Å². The molecular formula is C13H22N6. The van der Waals surface area contributed by atoms with Gasteiger partial charge in [0, 0.05) is 43.7 Å². The Morgan fingerprint density at radius 3 is 2.68 bits per heavy atom. The summed E-state index contributed by atoms with van der Waals surface area (Å²) in [6.07, 6.45) is 4.58. The molecule has 6 heteroatoms. The van der Waals surface area contributed by atoms with Crippen LogP contribution in [0.25, 0.3) is 0 Å². The van der Waals surface area contributed by atoms with Gasteiger partial charge in [-0.15, -0.1) is 0 Å². The van der Waals surface area contributed by atoms with Crippen LogP contribution in [0.4, 0.5) is 0 Å². The lowest BCUT2D eigenvalue weighted by Crippen LogP contribution is -2.31. The Labute approximate surface area is 113 Å². The van der Waals surface area contributed by atoms with E-state index in [9.17, 15) is 0 Å². The van der Waals surface area contributed by atoms with Gasteiger partial charge in [0.25, 0.3) is 0 Å². The standard InChI is InChI=1S/C13H22N6/c1-5-19-7-6-15-12(19)8-11(16-14)13-9(2)17-18(4)10(13)3/h6-7,11,16H,5,8,14H2,1-4H3. The molecule has 0 aliphatic carbocycles. The molecule has 0 radical (unpaired) electrons. The van der Waals surface area contributed by atoms with E-state index in [1.165, 1.54) is 0 Å². The second-order valence-electron chi connectivity index (χ2n) is 4.76. The molecule has 1 atom stereocenters. The summed E-state index contributed by atoms with van der Waals surface area (Å²) in [7, 11) is 1.95. The van der Waals surface area contributed by atoms with Crippen LogP contribution in [0.2, 0.25) is 0 Å². The minimum Gasteiger partial charge on any atom is -0.335 e. The van der Waals surface area contributed by atoms with Crippen LogP contribution in [0, 0.1) is 13.8 Å². The lowest BCUT2D eigenvalue weighted by Gasteiger charge is -2.17. The molecule has 0 spiro atoms. The molecule has 1 unspecified atom stereocenters. The Bertz CT molecular complexity index is 553. The highest BCUT2D eigenvalue weighted by Crippen LogP contribution is 2.23. The van der Waals surface area contributed by atoms with Gasteiger partial charge in [-0.05, 0) is 20.8 Å². The topological polar surface area (TPSA) is 73.7 Å². The Morgan fingerprint density at radius 2 is 2.16 bits per heavy atom. The van der Waals surface area contributed by atoms with E-state index in [1.807, 2.05) is 31.0 Å². The Morgan fingerprint density at radius 1 is 1.42 bits per heavy atom. The van der Waals surface area contributed by atoms with Crippen molar-refractivity contribution in [2.75, 3.05) is 0 Å². The molecule has 6 nitrogen and oxygen atoms in total. The lowest BCUT2D eigenvalue weighted by atomic mass is 10.0. The van der Waals surface area contributed by atoms with Crippen LogP contribution >= 0.6 is 0 Å². The highest BCUT2D eigenvalue weighted by Gasteiger charge is 2.21. The maximum atomic E-state index is 5.74. The predicted octanol–water partition coefficient (Wildman–Crippen LogP) is 1.00. The molecular weight excluding hydrogens is 240 g/mol. The Balaban J connectivity index is 2.30. The maximum Gasteiger partial charge on any atom is 0.110 e. The smallest absolute Gasteiger partial charge is 0.110 e. The van der Waals surface area contributed by atoms with Crippen molar-refractivity contribution < 1.29 is 0 Å². The second kappa shape index (κ2) is 5.54. The van der Waals surface area contributed by atoms with E-state index in [4.69, 9.17) is 5.84 Å². The number of aryl methyl sites for hydroxylation is 3. The van der Waals surface area contributed by atoms with Crippen LogP contribution in [-0.4, -0.2) is 19.3 Å². The van der Waals surface area contributed by atoms with Crippen molar-refractivity contribution >= 4 is 0 Å². The molecule has 2 rings (SSSR count). The molecule has 0 aromatic carbocycles. The minimum atomic E-state index is 0.0291. The average Bonchev–Trinajstić information content (AvgIpc) is 2.93. The van der Waals surface area contributed by atoms with Gasteiger partial charge in [0.05, 0.1) is 11.7 Å². The van der Waals surface area contributed by atoms with Gasteiger partial charge in [-0.3, -0.25) is 16.0 Å². The molecule has 0 fully saturated rings. The van der Waals surface area contributed by atoms with Crippen molar-refractivity contribution in [2.24, 2.45) is 12.9 Å². The van der Waals surface area contributed by atoms with Gasteiger partial charge < -0.3 is 4.57 Å². The number of hydrogen-bond donors (Lipinski definition) is 2. The summed E-state index contributed by atoms with van der Waals surface area (Å²) in [6, 6.07) is 0.0291. The van der Waals surface area contributed by atoms with Crippen molar-refractivity contribution in [2.45, 2.75) is 39.8 Å². The quantitative estimate of drug-likeness (QED) is 0.623. The third-order valence-electron chi connectivity index (χ3n) is 3.64. The summed E-state index contributed by atoms with van der Waals surface area (Å²) in [5.74, 6) is 6.77. The van der Waals surface area contributed by atoms with Gasteiger partial charge in [-0.1, -0.05) is 0 Å². The molecule has 2 aromatic heterocycles. The largest absolute Gasteiger partial charge is 0.335 e. The normalized spacial score (nSPS) is 12.9. The first kappa shape index (κ1) is 13.8. The zero-order valence-electron chi connectivity index (χ0n) is 12.0. The summed E-state index contributed by atoms with van der Waals surface area (Å²) >= 11 is 0. The first-order valence-electron chi connectivity index (χ1n) is 6.54. The Kier molecular flexibility index (Phi) is 4.01. The number of aromatic nitrogens is 4. The van der Waals surface area contributed by atoms with Gasteiger partial charge in [0.1, 0.15) is 5.82 Å². The van der Waals surface area contributed by atoms with Gasteiger partial charge in [-0.25, -0.2) is 4.98 Å². The molecule has 104 valence electrons. The molecule has 0 saturated heterocycles. The number of nitrogens with zero attached hydrogens (tertiary/aromatic N) is 4. The van der Waals surface area contributed by atoms with E-state index in [0.717, 1.165) is 35.7 Å². The van der Waals surface area contributed by atoms with Crippen molar-refractivity contribution in [1.29, 1.82) is 0 Å². The van der Waals surface area contributed by atoms with Crippen molar-refractivity contribution in [3.8, 4) is 0 Å². The van der Waals surface area contributed by atoms with Gasteiger partial charge >= 0.3 is 0 Å². The summed E-state index contributed by atoms with van der Waals surface area (Å²) in [5.41, 5.74) is 6.20. The zero-order valence-corrected chi connectivity index (χ0v) is 12.0. The first-order chi connectivity index (χ1) is 9.08. The van der Waals surface area contributed by atoms with Crippen LogP contribution in [0.15, 0.2) is 12.4 Å². The molecule has 19 heavy (non-hydrogen) atoms. The van der Waals surface area contributed by atoms with E-state index in [1.54, 1.807) is 0 Å². The number of rotatable bonds is 5. The highest BCUT2D eigenvalue weighted by atomic mass is 15.3. The fraction of sp³-hybridized carbons (Fsp3) is 0.538. The summed E-state index contributed by atoms with van der Waals surface area (Å²) < 4.78 is 4.02. The molecule has 0 bridgehead atoms. The van der Waals surface area contributed by atoms with E-state index in [0.29, 0.717) is 0 Å². The molecule has 0 aliphatic heterocycles. The minimum absolute atomic E-state index is 0.0291. The van der Waals surface area contributed by atoms with Gasteiger partial charge in [0.15, 0.2) is 0 Å². The van der Waals surface area contributed by atoms with Crippen LogP contribution in [0.1, 0.15) is 35.7 Å². The predicted molar refractivity (Wildman–Crippen MR) is 74.4 cm³/mol. The molecule has 0 amide bonds. The summed E-state index contributed by atoms with van der Waals surface area (Å²) in [6.45, 7) is 7.10. The van der Waals surface area contributed by atoms with Crippen molar-refractivity contribution in [3.63, 3.8) is 0 Å². The van der Waals surface area contributed by atoms with Crippen molar-refractivity contribution in [3.05, 3.63) is 35.2 Å². The molecule has 0 saturated carbocycles. The van der Waals surface area contributed by atoms with Gasteiger partial charge in [0.2, 0.25) is 0 Å². The molecule has 2 heterocycles. The summed E-state index contributed by atoms with van der Waals surface area (Å²) in [4.78, 5) is 4.41. The van der Waals surface area contributed by atoms with Crippen molar-refractivity contribution in [1.82, 2.24) is 24.8 Å². The van der Waals surface area contributed by atoms with E-state index >= 15 is 0 Å². The number of nitrogens with two attached hydrogens (primary N) is 1. The number of nitrogens with one attached hydrogen (secondary N) is 1. The lowest BCUT2D eigenvalue weighted by molar-refractivity contribution is 0.518. The number of hydrazine groups is 1.